The molecule has 0 radical (unpaired) electrons. The number of imidazole rings is 1. The molecule has 1 aromatic carbocycles. The number of pyridine rings is 1. The third-order valence-electron chi connectivity index (χ3n) is 7.81. The summed E-state index contributed by atoms with van der Waals surface area (Å²) in [4.78, 5) is 16.1. The number of nitrogens with one attached hydrogen (secondary N) is 1. The Bertz CT molecular complexity index is 1340. The summed E-state index contributed by atoms with van der Waals surface area (Å²) in [5, 5.41) is 1.38. The summed E-state index contributed by atoms with van der Waals surface area (Å²) < 4.78 is 7.88. The van der Waals surface area contributed by atoms with Crippen LogP contribution in [-0.4, -0.2) is 50.7 Å². The first-order chi connectivity index (χ1) is 16.6. The lowest BCUT2D eigenvalue weighted by atomic mass is 9.97. The van der Waals surface area contributed by atoms with Gasteiger partial charge in [-0.05, 0) is 74.4 Å². The first-order valence-electron chi connectivity index (χ1n) is 12.8. The zero-order valence-electron chi connectivity index (χ0n) is 20.7. The van der Waals surface area contributed by atoms with Crippen LogP contribution < -0.4 is 0 Å². The summed E-state index contributed by atoms with van der Waals surface area (Å²) >= 11 is 0. The number of aromatic nitrogens is 4. The van der Waals surface area contributed by atoms with E-state index in [9.17, 15) is 0 Å². The SMILES string of the molecule is Cc1cc(C)c2nc(C)n(Cc3ccc4[nH]c(C5CCCC5)c(CN5CCOCC5)c4c3)c2n1. The van der Waals surface area contributed by atoms with Crippen LogP contribution in [0.3, 0.4) is 0 Å². The van der Waals surface area contributed by atoms with Crippen LogP contribution in [0.1, 0.15) is 65.5 Å². The number of aryl methyl sites for hydroxylation is 3. The van der Waals surface area contributed by atoms with Gasteiger partial charge in [-0.15, -0.1) is 0 Å². The van der Waals surface area contributed by atoms with Crippen molar-refractivity contribution in [2.45, 2.75) is 65.5 Å². The number of morpholine rings is 1. The van der Waals surface area contributed by atoms with Crippen molar-refractivity contribution >= 4 is 22.1 Å². The third-order valence-corrected chi connectivity index (χ3v) is 7.81. The molecule has 0 spiro atoms. The largest absolute Gasteiger partial charge is 0.379 e. The Morgan fingerprint density at radius 1 is 1.00 bits per heavy atom. The Labute approximate surface area is 201 Å². The molecule has 1 aliphatic carbocycles. The smallest absolute Gasteiger partial charge is 0.160 e. The summed E-state index contributed by atoms with van der Waals surface area (Å²) in [5.41, 5.74) is 9.80. The minimum Gasteiger partial charge on any atom is -0.379 e. The van der Waals surface area contributed by atoms with Gasteiger partial charge in [-0.3, -0.25) is 4.90 Å². The highest BCUT2D eigenvalue weighted by atomic mass is 16.5. The highest BCUT2D eigenvalue weighted by Gasteiger charge is 2.25. The van der Waals surface area contributed by atoms with Crippen molar-refractivity contribution in [2.24, 2.45) is 0 Å². The second-order valence-electron chi connectivity index (χ2n) is 10.3. The molecule has 1 aliphatic heterocycles. The van der Waals surface area contributed by atoms with Gasteiger partial charge in [-0.1, -0.05) is 18.9 Å². The standard InChI is InChI=1S/C28H35N5O/c1-18-14-19(2)29-28-26(18)30-20(3)33(28)16-21-8-9-25-23(15-21)24(17-32-10-12-34-13-11-32)27(31-25)22-6-4-5-7-22/h8-9,14-15,22,31H,4-7,10-13,16-17H2,1-3H3. The molecule has 1 saturated heterocycles. The monoisotopic (exact) mass is 457 g/mol. The molecule has 0 bridgehead atoms. The zero-order valence-corrected chi connectivity index (χ0v) is 20.7. The number of benzene rings is 1. The van der Waals surface area contributed by atoms with Crippen molar-refractivity contribution in [1.29, 1.82) is 0 Å². The second-order valence-corrected chi connectivity index (χ2v) is 10.3. The van der Waals surface area contributed by atoms with Crippen molar-refractivity contribution in [1.82, 2.24) is 24.4 Å². The summed E-state index contributed by atoms with van der Waals surface area (Å²) in [6, 6.07) is 9.08. The predicted molar refractivity (Wildman–Crippen MR) is 136 cm³/mol. The molecule has 1 N–H and O–H groups in total. The summed E-state index contributed by atoms with van der Waals surface area (Å²) in [7, 11) is 0. The van der Waals surface area contributed by atoms with Gasteiger partial charge >= 0.3 is 0 Å². The van der Waals surface area contributed by atoms with Gasteiger partial charge in [0.2, 0.25) is 0 Å². The molecule has 2 aliphatic rings. The fraction of sp³-hybridized carbons (Fsp3) is 0.500. The van der Waals surface area contributed by atoms with Gasteiger partial charge in [0, 0.05) is 41.9 Å². The van der Waals surface area contributed by atoms with E-state index in [4.69, 9.17) is 14.7 Å². The van der Waals surface area contributed by atoms with Crippen molar-refractivity contribution in [2.75, 3.05) is 26.3 Å². The minimum atomic E-state index is 0.668. The Morgan fingerprint density at radius 2 is 1.79 bits per heavy atom. The van der Waals surface area contributed by atoms with Gasteiger partial charge in [0.05, 0.1) is 19.8 Å². The first-order valence-corrected chi connectivity index (χ1v) is 12.8. The van der Waals surface area contributed by atoms with Gasteiger partial charge in [0.1, 0.15) is 11.3 Å². The highest BCUT2D eigenvalue weighted by Crippen LogP contribution is 2.39. The van der Waals surface area contributed by atoms with Crippen LogP contribution in [0.4, 0.5) is 0 Å². The predicted octanol–water partition coefficient (Wildman–Crippen LogP) is 5.38. The maximum atomic E-state index is 5.61. The van der Waals surface area contributed by atoms with Crippen LogP contribution in [-0.2, 0) is 17.8 Å². The van der Waals surface area contributed by atoms with Crippen LogP contribution >= 0.6 is 0 Å². The van der Waals surface area contributed by atoms with Crippen LogP contribution in [0.15, 0.2) is 24.3 Å². The zero-order chi connectivity index (χ0) is 23.2. The van der Waals surface area contributed by atoms with E-state index in [0.717, 1.165) is 62.1 Å². The molecule has 4 heterocycles. The molecular formula is C28H35N5O. The maximum Gasteiger partial charge on any atom is 0.160 e. The fourth-order valence-corrected chi connectivity index (χ4v) is 6.01. The molecule has 6 nitrogen and oxygen atoms in total. The van der Waals surface area contributed by atoms with Crippen LogP contribution in [0.2, 0.25) is 0 Å². The minimum absolute atomic E-state index is 0.668. The number of hydrogen-bond acceptors (Lipinski definition) is 4. The van der Waals surface area contributed by atoms with E-state index in [1.165, 1.54) is 59.0 Å². The van der Waals surface area contributed by atoms with Crippen molar-refractivity contribution in [3.63, 3.8) is 0 Å². The van der Waals surface area contributed by atoms with E-state index >= 15 is 0 Å². The quantitative estimate of drug-likeness (QED) is 0.437. The lowest BCUT2D eigenvalue weighted by molar-refractivity contribution is 0.0342. The van der Waals surface area contributed by atoms with E-state index in [2.05, 4.69) is 59.5 Å². The molecular weight excluding hydrogens is 422 g/mol. The Morgan fingerprint density at radius 3 is 2.59 bits per heavy atom. The average Bonchev–Trinajstić information content (AvgIpc) is 3.55. The Hall–Kier alpha value is -2.70. The van der Waals surface area contributed by atoms with E-state index in [1.54, 1.807) is 0 Å². The third kappa shape index (κ3) is 3.93. The van der Waals surface area contributed by atoms with Crippen LogP contribution in [0, 0.1) is 20.8 Å². The molecule has 2 fully saturated rings. The van der Waals surface area contributed by atoms with E-state index in [-0.39, 0.29) is 0 Å². The first kappa shape index (κ1) is 21.8. The molecule has 0 atom stereocenters. The van der Waals surface area contributed by atoms with Crippen molar-refractivity contribution < 1.29 is 4.74 Å². The Kier molecular flexibility index (Phi) is 5.66. The molecule has 0 amide bonds. The maximum absolute atomic E-state index is 5.61. The number of hydrogen-bond donors (Lipinski definition) is 1. The normalized spacial score (nSPS) is 18.0. The van der Waals surface area contributed by atoms with Gasteiger partial charge in [0.25, 0.3) is 0 Å². The summed E-state index contributed by atoms with van der Waals surface area (Å²) in [6.07, 6.45) is 5.31. The summed E-state index contributed by atoms with van der Waals surface area (Å²) in [6.45, 7) is 11.8. The van der Waals surface area contributed by atoms with Gasteiger partial charge in [0.15, 0.2) is 5.65 Å². The van der Waals surface area contributed by atoms with Crippen LogP contribution in [0.25, 0.3) is 22.1 Å². The number of rotatable bonds is 5. The topological polar surface area (TPSA) is 59.0 Å². The molecule has 6 heteroatoms. The number of nitrogens with zero attached hydrogens (tertiary/aromatic N) is 4. The van der Waals surface area contributed by atoms with E-state index < -0.39 is 0 Å². The molecule has 0 unspecified atom stereocenters. The number of fused-ring (bicyclic) bond motifs is 2. The molecule has 6 rings (SSSR count). The molecule has 1 saturated carbocycles. The number of ether oxygens (including phenoxy) is 1. The fourth-order valence-electron chi connectivity index (χ4n) is 6.01. The lowest BCUT2D eigenvalue weighted by Gasteiger charge is -2.27. The number of aromatic amines is 1. The Balaban J connectivity index is 1.40. The van der Waals surface area contributed by atoms with Gasteiger partial charge in [-0.2, -0.15) is 0 Å². The van der Waals surface area contributed by atoms with Gasteiger partial charge < -0.3 is 14.3 Å². The van der Waals surface area contributed by atoms with E-state index in [0.29, 0.717) is 5.92 Å². The average molecular weight is 458 g/mol. The van der Waals surface area contributed by atoms with E-state index in [1.807, 2.05) is 0 Å². The van der Waals surface area contributed by atoms with Crippen molar-refractivity contribution in [3.8, 4) is 0 Å². The van der Waals surface area contributed by atoms with Crippen molar-refractivity contribution in [3.05, 3.63) is 58.2 Å². The second kappa shape index (κ2) is 8.82. The van der Waals surface area contributed by atoms with Gasteiger partial charge in [-0.25, -0.2) is 9.97 Å². The molecule has 178 valence electrons. The lowest BCUT2D eigenvalue weighted by Crippen LogP contribution is -2.35. The van der Waals surface area contributed by atoms with Crippen LogP contribution in [0.5, 0.6) is 0 Å². The molecule has 3 aromatic heterocycles. The number of H-pyrrole nitrogens is 1. The molecule has 4 aromatic rings. The summed E-state index contributed by atoms with van der Waals surface area (Å²) in [5.74, 6) is 1.69. The highest BCUT2D eigenvalue weighted by molar-refractivity contribution is 5.86. The molecule has 34 heavy (non-hydrogen) atoms.